The molecule has 0 aliphatic carbocycles. The SMILES string of the molecule is FC(F)(F)c1cnc2c(c1)c(Cl)c1n2CCNC1. The molecule has 3 nitrogen and oxygen atoms in total. The van der Waals surface area contributed by atoms with Crippen molar-refractivity contribution in [1.29, 1.82) is 0 Å². The third-order valence-corrected chi connectivity index (χ3v) is 3.49. The van der Waals surface area contributed by atoms with Crippen molar-refractivity contribution in [1.82, 2.24) is 14.9 Å². The van der Waals surface area contributed by atoms with E-state index < -0.39 is 11.7 Å². The standard InChI is InChI=1S/C11H9ClF3N3/c12-9-7-3-6(11(13,14)15)4-17-10(7)18-2-1-16-5-8(9)18/h3-4,16H,1-2,5H2. The van der Waals surface area contributed by atoms with Crippen LogP contribution in [-0.4, -0.2) is 16.1 Å². The van der Waals surface area contributed by atoms with Crippen molar-refractivity contribution in [3.05, 3.63) is 28.5 Å². The molecule has 7 heteroatoms. The van der Waals surface area contributed by atoms with Crippen molar-refractivity contribution in [2.75, 3.05) is 6.54 Å². The van der Waals surface area contributed by atoms with Crippen LogP contribution < -0.4 is 5.32 Å². The normalized spacial score (nSPS) is 16.0. The Labute approximate surface area is 106 Å². The number of hydrogen-bond acceptors (Lipinski definition) is 2. The molecule has 0 fully saturated rings. The van der Waals surface area contributed by atoms with Crippen LogP contribution in [0.15, 0.2) is 12.3 Å². The van der Waals surface area contributed by atoms with Crippen LogP contribution in [0.25, 0.3) is 11.0 Å². The summed E-state index contributed by atoms with van der Waals surface area (Å²) in [5.41, 5.74) is 0.544. The van der Waals surface area contributed by atoms with Crippen LogP contribution in [-0.2, 0) is 19.3 Å². The topological polar surface area (TPSA) is 29.9 Å². The summed E-state index contributed by atoms with van der Waals surface area (Å²) in [6.07, 6.45) is -3.54. The fourth-order valence-corrected chi connectivity index (χ4v) is 2.51. The summed E-state index contributed by atoms with van der Waals surface area (Å²) in [6.45, 7) is 1.98. The molecular weight excluding hydrogens is 267 g/mol. The highest BCUT2D eigenvalue weighted by Gasteiger charge is 2.32. The van der Waals surface area contributed by atoms with Crippen molar-refractivity contribution in [3.8, 4) is 0 Å². The van der Waals surface area contributed by atoms with E-state index in [2.05, 4.69) is 10.3 Å². The highest BCUT2D eigenvalue weighted by atomic mass is 35.5. The van der Waals surface area contributed by atoms with Gasteiger partial charge in [-0.05, 0) is 6.07 Å². The molecule has 0 atom stereocenters. The van der Waals surface area contributed by atoms with Crippen LogP contribution in [0.2, 0.25) is 5.02 Å². The lowest BCUT2D eigenvalue weighted by Gasteiger charge is -2.16. The van der Waals surface area contributed by atoms with E-state index in [1.165, 1.54) is 0 Å². The zero-order valence-electron chi connectivity index (χ0n) is 9.18. The minimum atomic E-state index is -4.40. The van der Waals surface area contributed by atoms with Gasteiger partial charge >= 0.3 is 6.18 Å². The van der Waals surface area contributed by atoms with Crippen molar-refractivity contribution < 1.29 is 13.2 Å². The number of rotatable bonds is 0. The molecule has 0 saturated heterocycles. The van der Waals surface area contributed by atoms with Gasteiger partial charge in [0, 0.05) is 31.2 Å². The Hall–Kier alpha value is -1.27. The van der Waals surface area contributed by atoms with E-state index in [4.69, 9.17) is 11.6 Å². The van der Waals surface area contributed by atoms with Gasteiger partial charge in [0.05, 0.1) is 16.3 Å². The maximum absolute atomic E-state index is 12.6. The largest absolute Gasteiger partial charge is 0.417 e. The van der Waals surface area contributed by atoms with Crippen molar-refractivity contribution >= 4 is 22.6 Å². The van der Waals surface area contributed by atoms with E-state index in [1.54, 1.807) is 0 Å². The van der Waals surface area contributed by atoms with Crippen LogP contribution in [0.5, 0.6) is 0 Å². The fourth-order valence-electron chi connectivity index (χ4n) is 2.20. The first-order valence-electron chi connectivity index (χ1n) is 5.43. The number of nitrogens with one attached hydrogen (secondary N) is 1. The molecule has 0 radical (unpaired) electrons. The second-order valence-electron chi connectivity index (χ2n) is 4.18. The maximum atomic E-state index is 12.6. The Morgan fingerprint density at radius 1 is 1.39 bits per heavy atom. The molecule has 1 N–H and O–H groups in total. The first-order chi connectivity index (χ1) is 8.48. The predicted octanol–water partition coefficient (Wildman–Crippen LogP) is 2.81. The van der Waals surface area contributed by atoms with E-state index in [1.807, 2.05) is 4.57 Å². The number of fused-ring (bicyclic) bond motifs is 3. The summed E-state index contributed by atoms with van der Waals surface area (Å²) in [5, 5.41) is 3.86. The summed E-state index contributed by atoms with van der Waals surface area (Å²) in [7, 11) is 0. The highest BCUT2D eigenvalue weighted by Crippen LogP contribution is 2.35. The highest BCUT2D eigenvalue weighted by molar-refractivity contribution is 6.36. The van der Waals surface area contributed by atoms with E-state index in [0.717, 1.165) is 24.5 Å². The molecule has 0 aromatic carbocycles. The molecule has 1 aliphatic heterocycles. The van der Waals surface area contributed by atoms with Gasteiger partial charge in [-0.25, -0.2) is 4.98 Å². The Morgan fingerprint density at radius 2 is 2.17 bits per heavy atom. The third kappa shape index (κ3) is 1.67. The molecule has 3 heterocycles. The summed E-state index contributed by atoms with van der Waals surface area (Å²) in [5.74, 6) is 0. The average Bonchev–Trinajstić information content (AvgIpc) is 2.63. The van der Waals surface area contributed by atoms with Gasteiger partial charge in [0.15, 0.2) is 0 Å². The predicted molar refractivity (Wildman–Crippen MR) is 61.5 cm³/mol. The smallest absolute Gasteiger partial charge is 0.326 e. The van der Waals surface area contributed by atoms with E-state index in [9.17, 15) is 13.2 Å². The summed E-state index contributed by atoms with van der Waals surface area (Å²) in [4.78, 5) is 3.91. The monoisotopic (exact) mass is 275 g/mol. The Bertz CT molecular complexity index is 618. The lowest BCUT2D eigenvalue weighted by atomic mass is 10.2. The molecule has 1 aliphatic rings. The minimum Gasteiger partial charge on any atom is -0.326 e. The van der Waals surface area contributed by atoms with Crippen LogP contribution >= 0.6 is 11.6 Å². The van der Waals surface area contributed by atoms with Gasteiger partial charge < -0.3 is 9.88 Å². The summed E-state index contributed by atoms with van der Waals surface area (Å²) < 4.78 is 39.8. The van der Waals surface area contributed by atoms with Crippen LogP contribution in [0.4, 0.5) is 13.2 Å². The third-order valence-electron chi connectivity index (χ3n) is 3.07. The molecule has 2 aromatic rings. The van der Waals surface area contributed by atoms with E-state index >= 15 is 0 Å². The van der Waals surface area contributed by atoms with Crippen LogP contribution in [0.3, 0.4) is 0 Å². The number of alkyl halides is 3. The minimum absolute atomic E-state index is 0.357. The zero-order valence-corrected chi connectivity index (χ0v) is 9.94. The van der Waals surface area contributed by atoms with Gasteiger partial charge in [-0.3, -0.25) is 0 Å². The molecule has 18 heavy (non-hydrogen) atoms. The number of hydrogen-bond donors (Lipinski definition) is 1. The fraction of sp³-hybridized carbons (Fsp3) is 0.364. The first-order valence-corrected chi connectivity index (χ1v) is 5.81. The molecule has 96 valence electrons. The van der Waals surface area contributed by atoms with Gasteiger partial charge in [-0.2, -0.15) is 13.2 Å². The van der Waals surface area contributed by atoms with Gasteiger partial charge in [-0.15, -0.1) is 0 Å². The van der Waals surface area contributed by atoms with Gasteiger partial charge in [0.2, 0.25) is 0 Å². The second-order valence-corrected chi connectivity index (χ2v) is 4.56. The Balaban J connectivity index is 2.26. The first kappa shape index (κ1) is 11.8. The molecular formula is C11H9ClF3N3. The van der Waals surface area contributed by atoms with Crippen molar-refractivity contribution in [2.24, 2.45) is 0 Å². The number of aromatic nitrogens is 2. The molecule has 0 spiro atoms. The lowest BCUT2D eigenvalue weighted by Crippen LogP contribution is -2.27. The van der Waals surface area contributed by atoms with Crippen molar-refractivity contribution in [2.45, 2.75) is 19.3 Å². The van der Waals surface area contributed by atoms with Crippen molar-refractivity contribution in [3.63, 3.8) is 0 Å². The number of halogens is 4. The van der Waals surface area contributed by atoms with Crippen LogP contribution in [0, 0.1) is 0 Å². The quantitative estimate of drug-likeness (QED) is 0.801. The second kappa shape index (κ2) is 3.86. The lowest BCUT2D eigenvalue weighted by molar-refractivity contribution is -0.137. The molecule has 0 unspecified atom stereocenters. The molecule has 0 saturated carbocycles. The van der Waals surface area contributed by atoms with Crippen LogP contribution in [0.1, 0.15) is 11.3 Å². The molecule has 0 bridgehead atoms. The van der Waals surface area contributed by atoms with Gasteiger partial charge in [0.25, 0.3) is 0 Å². The van der Waals surface area contributed by atoms with Gasteiger partial charge in [0.1, 0.15) is 5.65 Å². The Kier molecular flexibility index (Phi) is 2.53. The molecule has 0 amide bonds. The number of pyridine rings is 1. The summed E-state index contributed by atoms with van der Waals surface area (Å²) >= 11 is 6.13. The van der Waals surface area contributed by atoms with Gasteiger partial charge in [-0.1, -0.05) is 11.6 Å². The maximum Gasteiger partial charge on any atom is 0.417 e. The number of nitrogens with zero attached hydrogens (tertiary/aromatic N) is 2. The molecule has 2 aromatic heterocycles. The molecule has 3 rings (SSSR count). The zero-order chi connectivity index (χ0) is 12.9. The Morgan fingerprint density at radius 3 is 2.89 bits per heavy atom. The average molecular weight is 276 g/mol. The van der Waals surface area contributed by atoms with E-state index in [-0.39, 0.29) is 0 Å². The van der Waals surface area contributed by atoms with E-state index in [0.29, 0.717) is 29.1 Å². The summed E-state index contributed by atoms with van der Waals surface area (Å²) in [6, 6.07) is 1.07.